The highest BCUT2D eigenvalue weighted by atomic mass is 32.1. The van der Waals surface area contributed by atoms with Gasteiger partial charge in [0.15, 0.2) is 5.13 Å². The number of hydrogen-bond donors (Lipinski definition) is 1. The second kappa shape index (κ2) is 7.11. The molecule has 1 aromatic carbocycles. The maximum atomic E-state index is 5.69. The number of anilines is 1. The Morgan fingerprint density at radius 1 is 1.26 bits per heavy atom. The zero-order valence-electron chi connectivity index (χ0n) is 11.2. The molecule has 2 aromatic rings. The second-order valence-electron chi connectivity index (χ2n) is 4.08. The van der Waals surface area contributed by atoms with E-state index in [1.165, 1.54) is 4.88 Å². The van der Waals surface area contributed by atoms with Crippen LogP contribution in [0.2, 0.25) is 0 Å². The number of nitrogens with one attached hydrogen (secondary N) is 1. The van der Waals surface area contributed by atoms with Gasteiger partial charge in [0.05, 0.1) is 6.61 Å². The first-order valence-corrected chi connectivity index (χ1v) is 6.97. The van der Waals surface area contributed by atoms with Gasteiger partial charge in [0.25, 0.3) is 0 Å². The molecule has 0 saturated heterocycles. The Bertz CT molecular complexity index is 514. The largest absolute Gasteiger partial charge is 0.491 e. The summed E-state index contributed by atoms with van der Waals surface area (Å²) in [5, 5.41) is 4.24. The Kier molecular flexibility index (Phi) is 5.18. The van der Waals surface area contributed by atoms with E-state index in [9.17, 15) is 0 Å². The van der Waals surface area contributed by atoms with Crippen LogP contribution in [-0.4, -0.2) is 25.3 Å². The topological polar surface area (TPSA) is 43.4 Å². The van der Waals surface area contributed by atoms with Gasteiger partial charge in [-0.1, -0.05) is 18.2 Å². The lowest BCUT2D eigenvalue weighted by Crippen LogP contribution is -2.07. The van der Waals surface area contributed by atoms with E-state index in [4.69, 9.17) is 9.47 Å². The Morgan fingerprint density at radius 2 is 2.11 bits per heavy atom. The Hall–Kier alpha value is -1.59. The summed E-state index contributed by atoms with van der Waals surface area (Å²) in [6, 6.07) is 8.00. The van der Waals surface area contributed by atoms with E-state index in [2.05, 4.69) is 16.4 Å². The third kappa shape index (κ3) is 4.22. The van der Waals surface area contributed by atoms with Crippen molar-refractivity contribution in [3.05, 3.63) is 40.9 Å². The van der Waals surface area contributed by atoms with Crippen LogP contribution in [0.15, 0.2) is 30.5 Å². The molecule has 0 aliphatic rings. The molecule has 0 atom stereocenters. The number of ether oxygens (including phenoxy) is 2. The van der Waals surface area contributed by atoms with Gasteiger partial charge in [-0.2, -0.15) is 0 Å². The summed E-state index contributed by atoms with van der Waals surface area (Å²) in [5.41, 5.74) is 1.12. The number of hydrogen-bond acceptors (Lipinski definition) is 5. The quantitative estimate of drug-likeness (QED) is 0.790. The number of nitrogens with zero attached hydrogens (tertiary/aromatic N) is 1. The number of thiazole rings is 1. The van der Waals surface area contributed by atoms with Crippen LogP contribution in [0.4, 0.5) is 5.13 Å². The molecule has 1 heterocycles. The standard InChI is InChI=1S/C14H18N2O2S/c1-11-9-15-14(19-11)16-10-12-5-3-4-6-13(12)18-8-7-17-2/h3-6,9H,7-8,10H2,1-2H3,(H,15,16). The minimum atomic E-state index is 0.559. The van der Waals surface area contributed by atoms with Crippen molar-refractivity contribution in [3.63, 3.8) is 0 Å². The molecule has 4 nitrogen and oxygen atoms in total. The van der Waals surface area contributed by atoms with Gasteiger partial charge < -0.3 is 14.8 Å². The zero-order chi connectivity index (χ0) is 13.5. The van der Waals surface area contributed by atoms with Gasteiger partial charge in [-0.25, -0.2) is 4.98 Å². The number of para-hydroxylation sites is 1. The molecule has 5 heteroatoms. The minimum absolute atomic E-state index is 0.559. The van der Waals surface area contributed by atoms with Crippen LogP contribution >= 0.6 is 11.3 Å². The molecular formula is C14H18N2O2S. The Balaban J connectivity index is 1.95. The maximum Gasteiger partial charge on any atom is 0.183 e. The molecule has 0 unspecified atom stereocenters. The number of aromatic nitrogens is 1. The highest BCUT2D eigenvalue weighted by Gasteiger charge is 2.04. The molecule has 0 fully saturated rings. The molecule has 2 rings (SSSR count). The number of benzene rings is 1. The second-order valence-corrected chi connectivity index (χ2v) is 5.31. The van der Waals surface area contributed by atoms with Gasteiger partial charge in [0.2, 0.25) is 0 Å². The SMILES string of the molecule is COCCOc1ccccc1CNc1ncc(C)s1. The van der Waals surface area contributed by atoms with E-state index in [0.29, 0.717) is 19.8 Å². The van der Waals surface area contributed by atoms with Crippen LogP contribution < -0.4 is 10.1 Å². The van der Waals surface area contributed by atoms with Crippen molar-refractivity contribution in [2.24, 2.45) is 0 Å². The van der Waals surface area contributed by atoms with E-state index in [0.717, 1.165) is 16.4 Å². The molecular weight excluding hydrogens is 260 g/mol. The van der Waals surface area contributed by atoms with Crippen molar-refractivity contribution in [1.29, 1.82) is 0 Å². The first-order chi connectivity index (χ1) is 9.29. The van der Waals surface area contributed by atoms with Gasteiger partial charge in [0, 0.05) is 30.3 Å². The lowest BCUT2D eigenvalue weighted by molar-refractivity contribution is 0.146. The van der Waals surface area contributed by atoms with E-state index in [1.54, 1.807) is 18.4 Å². The summed E-state index contributed by atoms with van der Waals surface area (Å²) in [6.45, 7) is 3.90. The van der Waals surface area contributed by atoms with Crippen LogP contribution in [0.1, 0.15) is 10.4 Å². The summed E-state index contributed by atoms with van der Waals surface area (Å²) >= 11 is 1.65. The van der Waals surface area contributed by atoms with Gasteiger partial charge in [-0.15, -0.1) is 11.3 Å². The first kappa shape index (κ1) is 13.8. The Morgan fingerprint density at radius 3 is 2.84 bits per heavy atom. The van der Waals surface area contributed by atoms with Gasteiger partial charge in [-0.05, 0) is 13.0 Å². The molecule has 0 aliphatic carbocycles. The lowest BCUT2D eigenvalue weighted by Gasteiger charge is -2.11. The van der Waals surface area contributed by atoms with E-state index in [-0.39, 0.29) is 0 Å². The van der Waals surface area contributed by atoms with E-state index >= 15 is 0 Å². The summed E-state index contributed by atoms with van der Waals surface area (Å²) in [6.07, 6.45) is 1.87. The predicted octanol–water partition coefficient (Wildman–Crippen LogP) is 3.09. The van der Waals surface area contributed by atoms with Crippen LogP contribution in [0.25, 0.3) is 0 Å². The van der Waals surface area contributed by atoms with Crippen molar-refractivity contribution in [2.45, 2.75) is 13.5 Å². The average molecular weight is 278 g/mol. The summed E-state index contributed by atoms with van der Waals surface area (Å²) < 4.78 is 10.7. The molecule has 1 N–H and O–H groups in total. The van der Waals surface area contributed by atoms with Crippen molar-refractivity contribution in [2.75, 3.05) is 25.6 Å². The van der Waals surface area contributed by atoms with Crippen LogP contribution in [-0.2, 0) is 11.3 Å². The maximum absolute atomic E-state index is 5.69. The third-order valence-corrected chi connectivity index (χ3v) is 3.44. The number of aryl methyl sites for hydroxylation is 1. The van der Waals surface area contributed by atoms with Crippen LogP contribution in [0.3, 0.4) is 0 Å². The van der Waals surface area contributed by atoms with E-state index < -0.39 is 0 Å². The molecule has 1 aromatic heterocycles. The van der Waals surface area contributed by atoms with Gasteiger partial charge >= 0.3 is 0 Å². The summed E-state index contributed by atoms with van der Waals surface area (Å²) in [4.78, 5) is 5.48. The number of methoxy groups -OCH3 is 1. The fourth-order valence-corrected chi connectivity index (χ4v) is 2.29. The fraction of sp³-hybridized carbons (Fsp3) is 0.357. The van der Waals surface area contributed by atoms with E-state index in [1.807, 2.05) is 31.3 Å². The number of rotatable bonds is 7. The first-order valence-electron chi connectivity index (χ1n) is 6.15. The van der Waals surface area contributed by atoms with Crippen molar-refractivity contribution >= 4 is 16.5 Å². The molecule has 19 heavy (non-hydrogen) atoms. The smallest absolute Gasteiger partial charge is 0.183 e. The molecule has 0 saturated carbocycles. The molecule has 0 aliphatic heterocycles. The molecule has 102 valence electrons. The highest BCUT2D eigenvalue weighted by molar-refractivity contribution is 7.15. The predicted molar refractivity (Wildman–Crippen MR) is 78.0 cm³/mol. The summed E-state index contributed by atoms with van der Waals surface area (Å²) in [7, 11) is 1.67. The average Bonchev–Trinajstić information content (AvgIpc) is 2.84. The zero-order valence-corrected chi connectivity index (χ0v) is 12.0. The summed E-state index contributed by atoms with van der Waals surface area (Å²) in [5.74, 6) is 0.889. The van der Waals surface area contributed by atoms with Gasteiger partial charge in [-0.3, -0.25) is 0 Å². The molecule has 0 amide bonds. The van der Waals surface area contributed by atoms with Crippen molar-refractivity contribution in [1.82, 2.24) is 4.98 Å². The normalized spacial score (nSPS) is 10.4. The van der Waals surface area contributed by atoms with Crippen molar-refractivity contribution < 1.29 is 9.47 Å². The third-order valence-electron chi connectivity index (χ3n) is 2.57. The highest BCUT2D eigenvalue weighted by Crippen LogP contribution is 2.21. The lowest BCUT2D eigenvalue weighted by atomic mass is 10.2. The monoisotopic (exact) mass is 278 g/mol. The van der Waals surface area contributed by atoms with Crippen molar-refractivity contribution in [3.8, 4) is 5.75 Å². The fourth-order valence-electron chi connectivity index (χ4n) is 1.63. The minimum Gasteiger partial charge on any atom is -0.491 e. The van der Waals surface area contributed by atoms with Crippen LogP contribution in [0.5, 0.6) is 5.75 Å². The molecule has 0 spiro atoms. The Labute approximate surface area is 117 Å². The van der Waals surface area contributed by atoms with Gasteiger partial charge in [0.1, 0.15) is 12.4 Å². The molecule has 0 bridgehead atoms. The van der Waals surface area contributed by atoms with Crippen LogP contribution in [0, 0.1) is 6.92 Å². The molecule has 0 radical (unpaired) electrons.